The van der Waals surface area contributed by atoms with Crippen LogP contribution in [0.4, 0.5) is 10.2 Å². The van der Waals surface area contributed by atoms with Crippen molar-refractivity contribution in [1.82, 2.24) is 29.6 Å². The second kappa shape index (κ2) is 10.7. The van der Waals surface area contributed by atoms with Gasteiger partial charge in [-0.05, 0) is 55.3 Å². The number of aromatic nitrogens is 5. The Hall–Kier alpha value is -4.80. The summed E-state index contributed by atoms with van der Waals surface area (Å²) < 4.78 is 21.5. The van der Waals surface area contributed by atoms with Crippen molar-refractivity contribution in [3.63, 3.8) is 0 Å². The number of anilines is 1. The summed E-state index contributed by atoms with van der Waals surface area (Å²) in [4.78, 5) is 17.7. The molecule has 9 nitrogen and oxygen atoms in total. The number of ether oxygens (including phenoxy) is 1. The first-order valence-electron chi connectivity index (χ1n) is 14.6. The number of morpholine rings is 1. The Labute approximate surface area is 254 Å². The zero-order chi connectivity index (χ0) is 30.6. The number of hydrogen-bond donors (Lipinski definition) is 2. The Kier molecular flexibility index (Phi) is 6.83. The summed E-state index contributed by atoms with van der Waals surface area (Å²) in [6, 6.07) is 14.7. The van der Waals surface area contributed by atoms with Gasteiger partial charge in [-0.3, -0.25) is 4.68 Å². The fourth-order valence-electron chi connectivity index (χ4n) is 5.99. The van der Waals surface area contributed by atoms with Crippen LogP contribution in [0.5, 0.6) is 0 Å². The summed E-state index contributed by atoms with van der Waals surface area (Å²) in [7, 11) is 1.99. The lowest BCUT2D eigenvalue weighted by Gasteiger charge is -2.37. The van der Waals surface area contributed by atoms with Crippen LogP contribution in [-0.2, 0) is 11.3 Å². The van der Waals surface area contributed by atoms with Crippen LogP contribution in [-0.4, -0.2) is 67.1 Å². The van der Waals surface area contributed by atoms with Gasteiger partial charge in [-0.15, -0.1) is 0 Å². The van der Waals surface area contributed by atoms with E-state index in [0.29, 0.717) is 32.1 Å². The van der Waals surface area contributed by atoms with E-state index in [4.69, 9.17) is 14.7 Å². The van der Waals surface area contributed by atoms with Gasteiger partial charge in [-0.25, -0.2) is 14.4 Å². The molecule has 3 aromatic heterocycles. The molecular weight excluding hydrogens is 557 g/mol. The van der Waals surface area contributed by atoms with Gasteiger partial charge in [0.1, 0.15) is 11.6 Å². The highest BCUT2D eigenvalue weighted by Gasteiger charge is 2.29. The summed E-state index contributed by atoms with van der Waals surface area (Å²) in [6.45, 7) is 9.64. The van der Waals surface area contributed by atoms with Crippen molar-refractivity contribution in [3.8, 4) is 11.4 Å². The van der Waals surface area contributed by atoms with Gasteiger partial charge in [0.05, 0.1) is 60.1 Å². The quantitative estimate of drug-likeness (QED) is 0.265. The smallest absolute Gasteiger partial charge is 0.165 e. The molecule has 2 N–H and O–H groups in total. The molecule has 5 heterocycles. The van der Waals surface area contributed by atoms with E-state index in [2.05, 4.69) is 46.0 Å². The van der Waals surface area contributed by atoms with E-state index in [1.807, 2.05) is 30.4 Å². The molecule has 5 aromatic rings. The maximum Gasteiger partial charge on any atom is 0.165 e. The molecule has 1 fully saturated rings. The lowest BCUT2D eigenvalue weighted by molar-refractivity contribution is 0.0577. The minimum absolute atomic E-state index is 0.170. The van der Waals surface area contributed by atoms with Gasteiger partial charge >= 0.3 is 0 Å². The molecule has 0 unspecified atom stereocenters. The van der Waals surface area contributed by atoms with Crippen LogP contribution in [0.1, 0.15) is 42.3 Å². The second-order valence-electron chi connectivity index (χ2n) is 12.0. The monoisotopic (exact) mass is 591 g/mol. The molecule has 7 rings (SSSR count). The Morgan fingerprint density at radius 2 is 1.93 bits per heavy atom. The number of fused-ring (bicyclic) bond motifs is 2. The molecule has 2 aliphatic rings. The van der Waals surface area contributed by atoms with Crippen LogP contribution < -0.4 is 4.90 Å². The summed E-state index contributed by atoms with van der Waals surface area (Å²) in [6.07, 6.45) is 7.62. The largest absolute Gasteiger partial charge is 0.389 e. The number of hydrogen-bond acceptors (Lipinski definition) is 7. The van der Waals surface area contributed by atoms with Crippen molar-refractivity contribution in [2.24, 2.45) is 0 Å². The zero-order valence-electron chi connectivity index (χ0n) is 25.0. The van der Waals surface area contributed by atoms with E-state index in [1.54, 1.807) is 36.9 Å². The van der Waals surface area contributed by atoms with Gasteiger partial charge in [0.2, 0.25) is 0 Å². The molecule has 10 heteroatoms. The van der Waals surface area contributed by atoms with Crippen molar-refractivity contribution in [2.45, 2.75) is 32.0 Å². The predicted octanol–water partition coefficient (Wildman–Crippen LogP) is 5.61. The summed E-state index contributed by atoms with van der Waals surface area (Å²) in [5, 5.41) is 15.7. The minimum Gasteiger partial charge on any atom is -0.389 e. The number of H-pyrrole nitrogens is 1. The molecule has 0 amide bonds. The van der Waals surface area contributed by atoms with E-state index in [9.17, 15) is 9.50 Å². The van der Waals surface area contributed by atoms with Crippen LogP contribution in [0.2, 0.25) is 0 Å². The lowest BCUT2D eigenvalue weighted by Crippen LogP contribution is -2.40. The third-order valence-electron chi connectivity index (χ3n) is 8.16. The molecule has 0 bridgehead atoms. The van der Waals surface area contributed by atoms with Crippen LogP contribution in [0.15, 0.2) is 79.9 Å². The number of aromatic amines is 1. The van der Waals surface area contributed by atoms with Crippen LogP contribution in [0, 0.1) is 5.82 Å². The first-order valence-corrected chi connectivity index (χ1v) is 14.6. The molecule has 1 atom stereocenters. The van der Waals surface area contributed by atoms with E-state index in [0.717, 1.165) is 55.9 Å². The summed E-state index contributed by atoms with van der Waals surface area (Å²) in [5.74, 6) is 1.02. The van der Waals surface area contributed by atoms with E-state index >= 15 is 0 Å². The molecule has 224 valence electrons. The highest BCUT2D eigenvalue weighted by Crippen LogP contribution is 2.39. The van der Waals surface area contributed by atoms with Crippen molar-refractivity contribution in [3.05, 3.63) is 108 Å². The van der Waals surface area contributed by atoms with E-state index in [1.165, 1.54) is 12.1 Å². The first-order chi connectivity index (χ1) is 21.1. The molecular formula is C34H34FN7O2. The molecule has 0 aliphatic carbocycles. The Balaban J connectivity index is 1.39. The Morgan fingerprint density at radius 1 is 1.11 bits per heavy atom. The van der Waals surface area contributed by atoms with Crippen molar-refractivity contribution in [1.29, 1.82) is 0 Å². The molecule has 2 aliphatic heterocycles. The maximum atomic E-state index is 13.9. The molecule has 0 spiro atoms. The Bertz CT molecular complexity index is 1900. The first kappa shape index (κ1) is 28.0. The average Bonchev–Trinajstić information content (AvgIpc) is 3.68. The van der Waals surface area contributed by atoms with Crippen molar-refractivity contribution in [2.75, 3.05) is 31.7 Å². The third kappa shape index (κ3) is 5.16. The molecule has 0 radical (unpaired) electrons. The zero-order valence-corrected chi connectivity index (χ0v) is 25.0. The predicted molar refractivity (Wildman–Crippen MR) is 169 cm³/mol. The van der Waals surface area contributed by atoms with Gasteiger partial charge in [0.25, 0.3) is 0 Å². The van der Waals surface area contributed by atoms with Gasteiger partial charge < -0.3 is 24.6 Å². The fourth-order valence-corrected chi connectivity index (χ4v) is 5.99. The van der Waals surface area contributed by atoms with Gasteiger partial charge in [0.15, 0.2) is 5.82 Å². The number of aliphatic hydroxyl groups is 1. The molecule has 0 saturated carbocycles. The normalized spacial score (nSPS) is 17.2. The topological polar surface area (TPSA) is 95.3 Å². The van der Waals surface area contributed by atoms with Crippen molar-refractivity contribution >= 4 is 28.0 Å². The highest BCUT2D eigenvalue weighted by atomic mass is 19.1. The molecule has 2 aromatic carbocycles. The van der Waals surface area contributed by atoms with E-state index < -0.39 is 5.60 Å². The van der Waals surface area contributed by atoms with Crippen LogP contribution >= 0.6 is 0 Å². The van der Waals surface area contributed by atoms with E-state index in [-0.39, 0.29) is 11.9 Å². The summed E-state index contributed by atoms with van der Waals surface area (Å²) >= 11 is 0. The van der Waals surface area contributed by atoms with Gasteiger partial charge in [0, 0.05) is 48.7 Å². The standard InChI is InChI=1S/C34H34FN7O2/c1-21-31-26(11-12-36-31)28(18-40(21)4)23-7-10-29-27(15-23)33(39-32(38-29)24-16-37-41(17-24)20-34(2,3)43)42-13-14-44-19-30(42)22-5-8-25(35)9-6-22/h5-12,15-18,30,36,43H,1,13-14,19-20H2,2-4H3/t30-/m1/s1. The average molecular weight is 592 g/mol. The highest BCUT2D eigenvalue weighted by molar-refractivity contribution is 5.97. The van der Waals surface area contributed by atoms with Gasteiger partial charge in [-0.1, -0.05) is 24.8 Å². The number of nitrogens with one attached hydrogen (secondary N) is 1. The number of benzene rings is 2. The lowest BCUT2D eigenvalue weighted by atomic mass is 9.94. The van der Waals surface area contributed by atoms with Gasteiger partial charge in [-0.2, -0.15) is 5.10 Å². The van der Waals surface area contributed by atoms with Crippen LogP contribution in [0.25, 0.3) is 33.6 Å². The second-order valence-corrected chi connectivity index (χ2v) is 12.0. The number of rotatable bonds is 6. The third-order valence-corrected chi connectivity index (χ3v) is 8.16. The fraction of sp³-hybridized carbons (Fsp3) is 0.265. The SMILES string of the molecule is C=C1c2[nH]ccc2C(c2ccc3nc(-c4cnn(CC(C)(C)O)c4)nc(N4CCOC[C@@H]4c4ccc(F)cc4)c3c2)=CN1C. The number of nitrogens with zero attached hydrogens (tertiary/aromatic N) is 6. The molecule has 44 heavy (non-hydrogen) atoms. The van der Waals surface area contributed by atoms with Crippen LogP contribution in [0.3, 0.4) is 0 Å². The molecule has 1 saturated heterocycles. The summed E-state index contributed by atoms with van der Waals surface area (Å²) in [5.41, 5.74) is 6.64. The Morgan fingerprint density at radius 3 is 2.73 bits per heavy atom. The number of halogens is 1. The maximum absolute atomic E-state index is 13.9. The minimum atomic E-state index is -0.918. The van der Waals surface area contributed by atoms with Crippen molar-refractivity contribution < 1.29 is 14.2 Å².